The fourth-order valence-electron chi connectivity index (χ4n) is 0.576. The number of hydrogen-bond donors (Lipinski definition) is 2. The molecule has 0 rings (SSSR count). The molecule has 0 radical (unpaired) electrons. The van der Waals surface area contributed by atoms with Gasteiger partial charge in [0.1, 0.15) is 6.10 Å². The maximum Gasteiger partial charge on any atom is 0.474 e. The van der Waals surface area contributed by atoms with E-state index in [0.717, 1.165) is 7.11 Å². The maximum absolute atomic E-state index is 11.5. The molecule has 15 heavy (non-hydrogen) atoms. The number of hydrogen-bond acceptors (Lipinski definition) is 7. The Morgan fingerprint density at radius 3 is 2.67 bits per heavy atom. The highest BCUT2D eigenvalue weighted by molar-refractivity contribution is 7.48. The minimum atomic E-state index is -3.72. The van der Waals surface area contributed by atoms with Gasteiger partial charge < -0.3 is 10.2 Å². The van der Waals surface area contributed by atoms with Crippen LogP contribution in [0, 0.1) is 11.3 Å². The van der Waals surface area contributed by atoms with E-state index in [0.29, 0.717) is 0 Å². The predicted molar refractivity (Wildman–Crippen MR) is 49.8 cm³/mol. The molecule has 0 aliphatic carbocycles. The Bertz CT molecular complexity index is 252. The summed E-state index contributed by atoms with van der Waals surface area (Å²) in [5, 5.41) is 25.6. The van der Waals surface area contributed by atoms with Crippen molar-refractivity contribution >= 4 is 7.82 Å². The van der Waals surface area contributed by atoms with Crippen LogP contribution < -0.4 is 0 Å². The van der Waals surface area contributed by atoms with Crippen molar-refractivity contribution in [2.75, 3.05) is 26.9 Å². The Morgan fingerprint density at radius 2 is 2.20 bits per heavy atom. The first-order chi connectivity index (χ1) is 7.08. The lowest BCUT2D eigenvalue weighted by Gasteiger charge is -2.16. The maximum atomic E-state index is 11.5. The number of nitriles is 1. The number of phosphoric acid groups is 1. The van der Waals surface area contributed by atoms with Gasteiger partial charge in [0.25, 0.3) is 0 Å². The summed E-state index contributed by atoms with van der Waals surface area (Å²) in [6.45, 7) is -0.965. The molecule has 2 N–H and O–H groups in total. The second kappa shape index (κ2) is 7.77. The highest BCUT2D eigenvalue weighted by Gasteiger charge is 2.25. The summed E-state index contributed by atoms with van der Waals surface area (Å²) in [7, 11) is -2.60. The van der Waals surface area contributed by atoms with Gasteiger partial charge in [0.05, 0.1) is 32.3 Å². The lowest BCUT2D eigenvalue weighted by molar-refractivity contribution is 0.0332. The molecule has 8 heteroatoms. The molecule has 0 bridgehead atoms. The molecule has 7 nitrogen and oxygen atoms in total. The molecule has 0 aliphatic rings. The summed E-state index contributed by atoms with van der Waals surface area (Å²) in [5.41, 5.74) is 0. The van der Waals surface area contributed by atoms with Crippen LogP contribution >= 0.6 is 7.82 Å². The molecular weight excluding hydrogens is 225 g/mol. The van der Waals surface area contributed by atoms with Gasteiger partial charge in [-0.25, -0.2) is 4.57 Å². The van der Waals surface area contributed by atoms with Gasteiger partial charge in [-0.2, -0.15) is 5.26 Å². The molecule has 0 amide bonds. The lowest BCUT2D eigenvalue weighted by atomic mass is 10.4. The molecule has 0 aromatic heterocycles. The van der Waals surface area contributed by atoms with Gasteiger partial charge in [-0.15, -0.1) is 0 Å². The fourth-order valence-corrected chi connectivity index (χ4v) is 1.53. The van der Waals surface area contributed by atoms with Crippen LogP contribution in [0.15, 0.2) is 0 Å². The van der Waals surface area contributed by atoms with Crippen molar-refractivity contribution < 1.29 is 28.3 Å². The van der Waals surface area contributed by atoms with Crippen molar-refractivity contribution in [1.82, 2.24) is 0 Å². The van der Waals surface area contributed by atoms with E-state index in [9.17, 15) is 4.57 Å². The molecule has 0 saturated carbocycles. The van der Waals surface area contributed by atoms with E-state index in [4.69, 9.17) is 20.0 Å². The van der Waals surface area contributed by atoms with Gasteiger partial charge in [-0.1, -0.05) is 0 Å². The first kappa shape index (κ1) is 14.5. The minimum Gasteiger partial charge on any atom is -0.394 e. The van der Waals surface area contributed by atoms with Gasteiger partial charge >= 0.3 is 7.82 Å². The topological polar surface area (TPSA) is 109 Å². The summed E-state index contributed by atoms with van der Waals surface area (Å²) in [6.07, 6.45) is -1.09. The smallest absolute Gasteiger partial charge is 0.394 e. The summed E-state index contributed by atoms with van der Waals surface area (Å²) in [4.78, 5) is 0. The normalized spacial score (nSPS) is 16.7. The van der Waals surface area contributed by atoms with Gasteiger partial charge in [0, 0.05) is 7.11 Å². The first-order valence-corrected chi connectivity index (χ1v) is 5.64. The Balaban J connectivity index is 3.97. The summed E-state index contributed by atoms with van der Waals surface area (Å²) >= 11 is 0. The number of aliphatic hydroxyl groups is 2. The van der Waals surface area contributed by atoms with E-state index < -0.39 is 20.5 Å². The van der Waals surface area contributed by atoms with E-state index in [-0.39, 0.29) is 19.6 Å². The second-order valence-corrected chi connectivity index (χ2v) is 4.28. The molecule has 88 valence electrons. The van der Waals surface area contributed by atoms with Crippen molar-refractivity contribution in [3.8, 4) is 6.07 Å². The highest BCUT2D eigenvalue weighted by Crippen LogP contribution is 2.48. The standard InChI is InChI=1S/C7H14NO6P/c1-12-15(11,13-4-2-3-8)14-6-7(10)5-9/h7,9-10H,2,4-6H2,1H3/t7-,15?/m1/s1. The number of rotatable bonds is 8. The molecule has 0 spiro atoms. The Morgan fingerprint density at radius 1 is 1.53 bits per heavy atom. The van der Waals surface area contributed by atoms with Crippen LogP contribution in [0.2, 0.25) is 0 Å². The third-order valence-electron chi connectivity index (χ3n) is 1.32. The van der Waals surface area contributed by atoms with Gasteiger partial charge in [0.15, 0.2) is 0 Å². The summed E-state index contributed by atoms with van der Waals surface area (Å²) in [6, 6.07) is 1.79. The van der Waals surface area contributed by atoms with Crippen molar-refractivity contribution in [2.24, 2.45) is 0 Å². The van der Waals surface area contributed by atoms with Crippen molar-refractivity contribution in [3.63, 3.8) is 0 Å². The van der Waals surface area contributed by atoms with E-state index in [1.807, 2.05) is 0 Å². The van der Waals surface area contributed by atoms with E-state index in [1.165, 1.54) is 0 Å². The third-order valence-corrected chi connectivity index (χ3v) is 2.73. The third kappa shape index (κ3) is 6.57. The minimum absolute atomic E-state index is 0.0548. The van der Waals surface area contributed by atoms with Gasteiger partial charge in [0.2, 0.25) is 0 Å². The van der Waals surface area contributed by atoms with E-state index >= 15 is 0 Å². The van der Waals surface area contributed by atoms with Crippen LogP contribution in [-0.4, -0.2) is 43.2 Å². The van der Waals surface area contributed by atoms with Crippen molar-refractivity contribution in [1.29, 1.82) is 5.26 Å². The molecule has 0 saturated heterocycles. The summed E-state index contributed by atoms with van der Waals surface area (Å²) in [5.74, 6) is 0. The average Bonchev–Trinajstić information content (AvgIpc) is 2.26. The van der Waals surface area contributed by atoms with Crippen LogP contribution in [-0.2, 0) is 18.1 Å². The Labute approximate surface area is 87.8 Å². The van der Waals surface area contributed by atoms with Crippen LogP contribution in [0.5, 0.6) is 0 Å². The van der Waals surface area contributed by atoms with Crippen LogP contribution in [0.25, 0.3) is 0 Å². The largest absolute Gasteiger partial charge is 0.474 e. The van der Waals surface area contributed by atoms with Gasteiger partial charge in [-0.05, 0) is 0 Å². The monoisotopic (exact) mass is 239 g/mol. The van der Waals surface area contributed by atoms with E-state index in [1.54, 1.807) is 6.07 Å². The van der Waals surface area contributed by atoms with Crippen LogP contribution in [0.1, 0.15) is 6.42 Å². The molecule has 1 unspecified atom stereocenters. The van der Waals surface area contributed by atoms with Crippen LogP contribution in [0.4, 0.5) is 0 Å². The van der Waals surface area contributed by atoms with Gasteiger partial charge in [-0.3, -0.25) is 13.6 Å². The molecule has 0 aromatic rings. The predicted octanol–water partition coefficient (Wildman–Crippen LogP) is 0.0410. The summed E-state index contributed by atoms with van der Waals surface area (Å²) < 4.78 is 25.4. The second-order valence-electron chi connectivity index (χ2n) is 2.50. The van der Waals surface area contributed by atoms with Crippen LogP contribution in [0.3, 0.4) is 0 Å². The number of phosphoric ester groups is 1. The van der Waals surface area contributed by atoms with E-state index in [2.05, 4.69) is 9.05 Å². The SMILES string of the molecule is COP(=O)(OCCC#N)OC[C@H](O)CO. The Kier molecular flexibility index (Phi) is 7.52. The molecular formula is C7H14NO6P. The number of aliphatic hydroxyl groups excluding tert-OH is 2. The quantitative estimate of drug-likeness (QED) is 0.454. The Hall–Kier alpha value is -0.480. The number of nitrogens with zero attached hydrogens (tertiary/aromatic N) is 1. The molecule has 0 heterocycles. The molecule has 0 fully saturated rings. The zero-order valence-corrected chi connectivity index (χ0v) is 9.22. The zero-order valence-electron chi connectivity index (χ0n) is 8.33. The fraction of sp³-hybridized carbons (Fsp3) is 0.857. The highest BCUT2D eigenvalue weighted by atomic mass is 31.2. The zero-order chi connectivity index (χ0) is 11.7. The average molecular weight is 239 g/mol. The molecule has 0 aliphatic heterocycles. The first-order valence-electron chi connectivity index (χ1n) is 4.18. The van der Waals surface area contributed by atoms with Crippen molar-refractivity contribution in [3.05, 3.63) is 0 Å². The lowest BCUT2D eigenvalue weighted by Crippen LogP contribution is -2.19. The molecule has 0 aromatic carbocycles. The molecule has 2 atom stereocenters. The van der Waals surface area contributed by atoms with Crippen molar-refractivity contribution in [2.45, 2.75) is 12.5 Å².